The summed E-state index contributed by atoms with van der Waals surface area (Å²) in [6, 6.07) is 1.97. The van der Waals surface area contributed by atoms with Crippen LogP contribution in [0.3, 0.4) is 0 Å². The molecule has 0 saturated heterocycles. The van der Waals surface area contributed by atoms with E-state index >= 15 is 0 Å². The van der Waals surface area contributed by atoms with Crippen molar-refractivity contribution in [1.29, 1.82) is 0 Å². The highest BCUT2D eigenvalue weighted by molar-refractivity contribution is 6.30. The Morgan fingerprint density at radius 2 is 2.00 bits per heavy atom. The Hall–Kier alpha value is -0.560. The highest BCUT2D eigenvalue weighted by Gasteiger charge is 2.11. The van der Waals surface area contributed by atoms with Gasteiger partial charge in [-0.05, 0) is 23.5 Å². The van der Waals surface area contributed by atoms with Gasteiger partial charge in [0.15, 0.2) is 0 Å². The number of rotatable bonds is 1. The zero-order valence-electron chi connectivity index (χ0n) is 7.76. The third-order valence-corrected chi connectivity index (χ3v) is 1.70. The summed E-state index contributed by atoms with van der Waals surface area (Å²) in [4.78, 5) is 4.04. The van der Waals surface area contributed by atoms with Crippen molar-refractivity contribution in [3.8, 4) is 0 Å². The van der Waals surface area contributed by atoms with E-state index in [9.17, 15) is 0 Å². The molecular weight excluding hydrogens is 170 g/mol. The standard InChI is InChI=1S/C10H14ClN/c1-10(2,3)5-8-4-9(11)7-12-6-8/h4,6-7H,5H2,1-3H3. The monoisotopic (exact) mass is 183 g/mol. The predicted octanol–water partition coefficient (Wildman–Crippen LogP) is 3.32. The Bertz CT molecular complexity index is 263. The first-order valence-electron chi connectivity index (χ1n) is 4.07. The molecule has 2 heteroatoms. The van der Waals surface area contributed by atoms with Crippen molar-refractivity contribution in [3.63, 3.8) is 0 Å². The van der Waals surface area contributed by atoms with E-state index in [0.29, 0.717) is 5.41 Å². The van der Waals surface area contributed by atoms with Crippen LogP contribution in [0.5, 0.6) is 0 Å². The van der Waals surface area contributed by atoms with E-state index in [1.54, 1.807) is 6.20 Å². The third kappa shape index (κ3) is 3.22. The Balaban J connectivity index is 2.77. The number of nitrogens with zero attached hydrogens (tertiary/aromatic N) is 1. The summed E-state index contributed by atoms with van der Waals surface area (Å²) in [6.07, 6.45) is 4.55. The lowest BCUT2D eigenvalue weighted by atomic mass is 9.89. The molecular formula is C10H14ClN. The zero-order valence-corrected chi connectivity index (χ0v) is 8.52. The van der Waals surface area contributed by atoms with Crippen LogP contribution in [-0.4, -0.2) is 4.98 Å². The van der Waals surface area contributed by atoms with E-state index in [-0.39, 0.29) is 0 Å². The fraction of sp³-hybridized carbons (Fsp3) is 0.500. The van der Waals surface area contributed by atoms with Gasteiger partial charge >= 0.3 is 0 Å². The van der Waals surface area contributed by atoms with Gasteiger partial charge in [-0.2, -0.15) is 0 Å². The Morgan fingerprint density at radius 3 is 2.50 bits per heavy atom. The van der Waals surface area contributed by atoms with Gasteiger partial charge < -0.3 is 0 Å². The molecule has 1 aromatic heterocycles. The molecule has 1 heterocycles. The molecule has 0 N–H and O–H groups in total. The van der Waals surface area contributed by atoms with Crippen LogP contribution in [0.4, 0.5) is 0 Å². The average molecular weight is 184 g/mol. The largest absolute Gasteiger partial charge is 0.263 e. The molecule has 0 fully saturated rings. The van der Waals surface area contributed by atoms with Gasteiger partial charge in [-0.1, -0.05) is 32.4 Å². The Kier molecular flexibility index (Phi) is 2.73. The van der Waals surface area contributed by atoms with Crippen molar-refractivity contribution in [3.05, 3.63) is 29.0 Å². The first-order valence-corrected chi connectivity index (χ1v) is 4.45. The van der Waals surface area contributed by atoms with E-state index < -0.39 is 0 Å². The topological polar surface area (TPSA) is 12.9 Å². The van der Waals surface area contributed by atoms with Crippen molar-refractivity contribution in [1.82, 2.24) is 4.98 Å². The smallest absolute Gasteiger partial charge is 0.0592 e. The Morgan fingerprint density at radius 1 is 1.33 bits per heavy atom. The Labute approximate surface area is 78.8 Å². The SMILES string of the molecule is CC(C)(C)Cc1cncc(Cl)c1. The maximum absolute atomic E-state index is 5.81. The van der Waals surface area contributed by atoms with Crippen LogP contribution in [0.2, 0.25) is 5.02 Å². The first kappa shape index (κ1) is 9.53. The van der Waals surface area contributed by atoms with E-state index in [4.69, 9.17) is 11.6 Å². The van der Waals surface area contributed by atoms with E-state index in [0.717, 1.165) is 11.4 Å². The molecule has 1 aromatic rings. The van der Waals surface area contributed by atoms with Crippen LogP contribution in [-0.2, 0) is 6.42 Å². The van der Waals surface area contributed by atoms with Crippen LogP contribution in [0, 0.1) is 5.41 Å². The molecule has 0 bridgehead atoms. The molecule has 0 aromatic carbocycles. The molecule has 1 rings (SSSR count). The zero-order chi connectivity index (χ0) is 9.19. The number of aromatic nitrogens is 1. The summed E-state index contributed by atoms with van der Waals surface area (Å²) in [6.45, 7) is 6.61. The molecule has 66 valence electrons. The van der Waals surface area contributed by atoms with Gasteiger partial charge in [0.05, 0.1) is 5.02 Å². The lowest BCUT2D eigenvalue weighted by Gasteiger charge is -2.17. The van der Waals surface area contributed by atoms with Gasteiger partial charge in [0.1, 0.15) is 0 Å². The second kappa shape index (κ2) is 3.44. The fourth-order valence-electron chi connectivity index (χ4n) is 1.16. The molecule has 0 aliphatic heterocycles. The summed E-state index contributed by atoms with van der Waals surface area (Å²) in [5.41, 5.74) is 1.50. The van der Waals surface area contributed by atoms with Crippen molar-refractivity contribution in [2.45, 2.75) is 27.2 Å². The second-order valence-corrected chi connectivity index (χ2v) is 4.69. The molecule has 0 saturated carbocycles. The van der Waals surface area contributed by atoms with E-state index in [1.807, 2.05) is 12.3 Å². The molecule has 0 aliphatic carbocycles. The van der Waals surface area contributed by atoms with E-state index in [1.165, 1.54) is 5.56 Å². The number of pyridine rings is 1. The minimum absolute atomic E-state index is 0.298. The summed E-state index contributed by atoms with van der Waals surface area (Å²) in [5.74, 6) is 0. The molecule has 0 unspecified atom stereocenters. The maximum Gasteiger partial charge on any atom is 0.0592 e. The summed E-state index contributed by atoms with van der Waals surface area (Å²) >= 11 is 5.81. The van der Waals surface area contributed by atoms with Crippen molar-refractivity contribution in [2.75, 3.05) is 0 Å². The highest BCUT2D eigenvalue weighted by Crippen LogP contribution is 2.21. The lowest BCUT2D eigenvalue weighted by molar-refractivity contribution is 0.411. The summed E-state index contributed by atoms with van der Waals surface area (Å²) < 4.78 is 0. The lowest BCUT2D eigenvalue weighted by Crippen LogP contribution is -2.09. The normalized spacial score (nSPS) is 11.7. The molecule has 1 nitrogen and oxygen atoms in total. The van der Waals surface area contributed by atoms with E-state index in [2.05, 4.69) is 25.8 Å². The molecule has 0 atom stereocenters. The van der Waals surface area contributed by atoms with Gasteiger partial charge in [0.25, 0.3) is 0 Å². The van der Waals surface area contributed by atoms with Gasteiger partial charge in [-0.25, -0.2) is 0 Å². The van der Waals surface area contributed by atoms with Crippen molar-refractivity contribution in [2.24, 2.45) is 5.41 Å². The van der Waals surface area contributed by atoms with Crippen molar-refractivity contribution >= 4 is 11.6 Å². The van der Waals surface area contributed by atoms with Gasteiger partial charge in [0, 0.05) is 12.4 Å². The van der Waals surface area contributed by atoms with Crippen LogP contribution in [0.15, 0.2) is 18.5 Å². The van der Waals surface area contributed by atoms with Crippen LogP contribution < -0.4 is 0 Å². The molecule has 0 amide bonds. The van der Waals surface area contributed by atoms with Crippen molar-refractivity contribution < 1.29 is 0 Å². The predicted molar refractivity (Wildman–Crippen MR) is 52.4 cm³/mol. The maximum atomic E-state index is 5.81. The molecule has 0 aliphatic rings. The number of halogens is 1. The second-order valence-electron chi connectivity index (χ2n) is 4.25. The number of hydrogen-bond acceptors (Lipinski definition) is 1. The first-order chi connectivity index (χ1) is 5.47. The van der Waals surface area contributed by atoms with Crippen LogP contribution >= 0.6 is 11.6 Å². The minimum atomic E-state index is 0.298. The third-order valence-electron chi connectivity index (χ3n) is 1.50. The van der Waals surface area contributed by atoms with Crippen LogP contribution in [0.1, 0.15) is 26.3 Å². The quantitative estimate of drug-likeness (QED) is 0.651. The minimum Gasteiger partial charge on any atom is -0.263 e. The molecule has 12 heavy (non-hydrogen) atoms. The average Bonchev–Trinajstić information content (AvgIpc) is 1.82. The molecule has 0 radical (unpaired) electrons. The fourth-order valence-corrected chi connectivity index (χ4v) is 1.36. The summed E-state index contributed by atoms with van der Waals surface area (Å²) in [5, 5.41) is 0.719. The summed E-state index contributed by atoms with van der Waals surface area (Å²) in [7, 11) is 0. The number of hydrogen-bond donors (Lipinski definition) is 0. The van der Waals surface area contributed by atoms with Gasteiger partial charge in [0.2, 0.25) is 0 Å². The highest BCUT2D eigenvalue weighted by atomic mass is 35.5. The van der Waals surface area contributed by atoms with Gasteiger partial charge in [-0.15, -0.1) is 0 Å². The van der Waals surface area contributed by atoms with Gasteiger partial charge in [-0.3, -0.25) is 4.98 Å². The molecule has 0 spiro atoms. The van der Waals surface area contributed by atoms with Crippen LogP contribution in [0.25, 0.3) is 0 Å².